The zero-order valence-corrected chi connectivity index (χ0v) is 22.4. The Morgan fingerprint density at radius 2 is 1.82 bits per heavy atom. The number of aromatic nitrogens is 1. The van der Waals surface area contributed by atoms with E-state index in [1.807, 2.05) is 49.4 Å². The summed E-state index contributed by atoms with van der Waals surface area (Å²) in [6, 6.07) is 31.3. The fourth-order valence-electron chi connectivity index (χ4n) is 5.70. The van der Waals surface area contributed by atoms with Crippen LogP contribution in [0.25, 0.3) is 11.1 Å². The molecule has 0 amide bonds. The highest BCUT2D eigenvalue weighted by molar-refractivity contribution is 5.89. The van der Waals surface area contributed by atoms with Crippen LogP contribution >= 0.6 is 0 Å². The second-order valence-corrected chi connectivity index (χ2v) is 10.4. The number of nitrogens with one attached hydrogen (secondary N) is 2. The molecule has 4 aromatic carbocycles. The molecule has 0 saturated heterocycles. The number of oxazole rings is 1. The van der Waals surface area contributed by atoms with Gasteiger partial charge in [-0.1, -0.05) is 79.7 Å². The number of carbonyl (C=O) groups excluding carboxylic acids is 1. The van der Waals surface area contributed by atoms with Crippen LogP contribution in [0.1, 0.15) is 58.7 Å². The molecule has 0 spiro atoms. The number of anilines is 2. The van der Waals surface area contributed by atoms with Gasteiger partial charge in [-0.15, -0.1) is 0 Å². The van der Waals surface area contributed by atoms with E-state index in [0.717, 1.165) is 47.3 Å². The number of benzene rings is 4. The van der Waals surface area contributed by atoms with E-state index >= 15 is 0 Å². The Morgan fingerprint density at radius 3 is 2.64 bits per heavy atom. The second-order valence-electron chi connectivity index (χ2n) is 10.4. The van der Waals surface area contributed by atoms with Gasteiger partial charge in [0.1, 0.15) is 5.52 Å². The second kappa shape index (κ2) is 10.9. The van der Waals surface area contributed by atoms with Gasteiger partial charge in [0.15, 0.2) is 11.4 Å². The van der Waals surface area contributed by atoms with Gasteiger partial charge < -0.3 is 15.1 Å². The zero-order valence-electron chi connectivity index (χ0n) is 22.4. The van der Waals surface area contributed by atoms with Crippen LogP contribution in [0.2, 0.25) is 0 Å². The van der Waals surface area contributed by atoms with E-state index in [2.05, 4.69) is 71.1 Å². The molecular formula is C34H33N3O2. The lowest BCUT2D eigenvalue weighted by atomic mass is 9.83. The number of aryl methyl sites for hydroxylation is 1. The summed E-state index contributed by atoms with van der Waals surface area (Å²) in [5.41, 5.74) is 9.46. The smallest absolute Gasteiger partial charge is 0.300 e. The molecule has 6 rings (SSSR count). The molecule has 1 aromatic heterocycles. The minimum absolute atomic E-state index is 0.163. The molecule has 2 atom stereocenters. The number of nitrogens with zero attached hydrogens (tertiary/aromatic N) is 1. The molecule has 0 radical (unpaired) electrons. The Labute approximate surface area is 229 Å². The summed E-state index contributed by atoms with van der Waals surface area (Å²) in [5, 5.41) is 6.72. The minimum Gasteiger partial charge on any atom is -0.423 e. The summed E-state index contributed by atoms with van der Waals surface area (Å²) in [5.74, 6) is 0.523. The van der Waals surface area contributed by atoms with E-state index in [1.165, 1.54) is 16.7 Å². The highest BCUT2D eigenvalue weighted by atomic mass is 16.4. The van der Waals surface area contributed by atoms with Gasteiger partial charge in [0.2, 0.25) is 0 Å². The number of Topliss-reactive ketones (excluding diaryl/α,β-unsaturated/α-hetero) is 1. The highest BCUT2D eigenvalue weighted by Gasteiger charge is 2.27. The quantitative estimate of drug-likeness (QED) is 0.225. The van der Waals surface area contributed by atoms with Crippen molar-refractivity contribution in [2.45, 2.75) is 45.1 Å². The van der Waals surface area contributed by atoms with Crippen LogP contribution in [0.15, 0.2) is 95.4 Å². The predicted octanol–water partition coefficient (Wildman–Crippen LogP) is 7.42. The normalized spacial score (nSPS) is 15.6. The molecule has 1 aliphatic rings. The van der Waals surface area contributed by atoms with E-state index in [0.29, 0.717) is 23.9 Å². The summed E-state index contributed by atoms with van der Waals surface area (Å²) in [4.78, 5) is 18.1. The minimum atomic E-state index is -0.302. The van der Waals surface area contributed by atoms with Gasteiger partial charge in [0.05, 0.1) is 6.04 Å². The third kappa shape index (κ3) is 5.23. The van der Waals surface area contributed by atoms with Gasteiger partial charge in [-0.2, -0.15) is 4.98 Å². The predicted molar refractivity (Wildman–Crippen MR) is 157 cm³/mol. The largest absolute Gasteiger partial charge is 0.423 e. The fourth-order valence-corrected chi connectivity index (χ4v) is 5.70. The van der Waals surface area contributed by atoms with Crippen molar-refractivity contribution in [3.8, 4) is 0 Å². The Bertz CT molecular complexity index is 1620. The van der Waals surface area contributed by atoms with Crippen molar-refractivity contribution in [2.24, 2.45) is 0 Å². The maximum absolute atomic E-state index is 13.5. The van der Waals surface area contributed by atoms with Crippen LogP contribution in [0.5, 0.6) is 0 Å². The summed E-state index contributed by atoms with van der Waals surface area (Å²) in [6.07, 6.45) is 2.30. The molecular weight excluding hydrogens is 482 g/mol. The van der Waals surface area contributed by atoms with Crippen molar-refractivity contribution in [3.63, 3.8) is 0 Å². The molecule has 2 unspecified atom stereocenters. The SMILES string of the molecule is CCC(c1ccccc1)c1ccc2c(c1)CCNC2C(=O)Cc1ccc2nc(Nc3ccccc3C)oc2c1. The summed E-state index contributed by atoms with van der Waals surface area (Å²) >= 11 is 0. The average Bonchev–Trinajstić information content (AvgIpc) is 3.36. The number of hydrogen-bond acceptors (Lipinski definition) is 5. The Balaban J connectivity index is 1.20. The standard InChI is InChI=1S/C34H33N3O2/c1-3-27(24-10-5-4-6-11-24)25-14-15-28-26(21-25)17-18-35-33(28)31(38)19-23-13-16-30-32(20-23)39-34(37-30)36-29-12-8-7-9-22(29)2/h4-16,20-21,27,33,35H,3,17-19H2,1-2H3,(H,36,37). The molecule has 5 nitrogen and oxygen atoms in total. The molecule has 0 aliphatic carbocycles. The third-order valence-electron chi connectivity index (χ3n) is 7.77. The van der Waals surface area contributed by atoms with E-state index in [9.17, 15) is 4.79 Å². The summed E-state index contributed by atoms with van der Waals surface area (Å²) in [7, 11) is 0. The van der Waals surface area contributed by atoms with Crippen LogP contribution in [-0.2, 0) is 17.6 Å². The molecule has 2 heterocycles. The van der Waals surface area contributed by atoms with Crippen LogP contribution in [0.3, 0.4) is 0 Å². The number of fused-ring (bicyclic) bond motifs is 2. The highest BCUT2D eigenvalue weighted by Crippen LogP contribution is 2.33. The molecule has 0 bridgehead atoms. The van der Waals surface area contributed by atoms with Crippen LogP contribution in [0.4, 0.5) is 11.7 Å². The average molecular weight is 516 g/mol. The van der Waals surface area contributed by atoms with Crippen LogP contribution in [-0.4, -0.2) is 17.3 Å². The van der Waals surface area contributed by atoms with E-state index < -0.39 is 0 Å². The third-order valence-corrected chi connectivity index (χ3v) is 7.77. The number of para-hydroxylation sites is 1. The fraction of sp³-hybridized carbons (Fsp3) is 0.235. The van der Waals surface area contributed by atoms with Crippen LogP contribution < -0.4 is 10.6 Å². The molecule has 5 heteroatoms. The zero-order chi connectivity index (χ0) is 26.8. The first kappa shape index (κ1) is 25.1. The Kier molecular flexibility index (Phi) is 6.99. The number of carbonyl (C=O) groups is 1. The molecule has 39 heavy (non-hydrogen) atoms. The first-order chi connectivity index (χ1) is 19.1. The van der Waals surface area contributed by atoms with Gasteiger partial charge in [0.25, 0.3) is 6.01 Å². The Morgan fingerprint density at radius 1 is 1.00 bits per heavy atom. The van der Waals surface area contributed by atoms with Crippen molar-refractivity contribution >= 4 is 28.6 Å². The number of rotatable bonds is 8. The number of hydrogen-bond donors (Lipinski definition) is 2. The molecule has 0 fully saturated rings. The van der Waals surface area contributed by atoms with E-state index in [1.54, 1.807) is 0 Å². The summed E-state index contributed by atoms with van der Waals surface area (Å²) < 4.78 is 5.98. The van der Waals surface area contributed by atoms with E-state index in [4.69, 9.17) is 4.42 Å². The maximum atomic E-state index is 13.5. The first-order valence-corrected chi connectivity index (χ1v) is 13.7. The van der Waals surface area contributed by atoms with Gasteiger partial charge in [-0.05, 0) is 71.3 Å². The molecule has 5 aromatic rings. The van der Waals surface area contributed by atoms with Gasteiger partial charge in [0, 0.05) is 24.6 Å². The summed E-state index contributed by atoms with van der Waals surface area (Å²) in [6.45, 7) is 5.07. The lowest BCUT2D eigenvalue weighted by Gasteiger charge is -2.28. The van der Waals surface area contributed by atoms with E-state index in [-0.39, 0.29) is 11.8 Å². The van der Waals surface area contributed by atoms with Crippen molar-refractivity contribution in [1.29, 1.82) is 0 Å². The van der Waals surface area contributed by atoms with Gasteiger partial charge in [-0.25, -0.2) is 0 Å². The first-order valence-electron chi connectivity index (χ1n) is 13.7. The van der Waals surface area contributed by atoms with Crippen molar-refractivity contribution in [1.82, 2.24) is 10.3 Å². The monoisotopic (exact) mass is 515 g/mol. The molecule has 0 saturated carbocycles. The van der Waals surface area contributed by atoms with Gasteiger partial charge in [-0.3, -0.25) is 4.79 Å². The molecule has 1 aliphatic heterocycles. The molecule has 2 N–H and O–H groups in total. The molecule has 196 valence electrons. The lowest BCUT2D eigenvalue weighted by Crippen LogP contribution is -2.36. The maximum Gasteiger partial charge on any atom is 0.300 e. The van der Waals surface area contributed by atoms with Gasteiger partial charge >= 0.3 is 0 Å². The van der Waals surface area contributed by atoms with Crippen LogP contribution in [0, 0.1) is 6.92 Å². The number of ketones is 1. The topological polar surface area (TPSA) is 67.2 Å². The Hall–Kier alpha value is -4.22. The van der Waals surface area contributed by atoms with Crippen molar-refractivity contribution in [2.75, 3.05) is 11.9 Å². The lowest BCUT2D eigenvalue weighted by molar-refractivity contribution is -0.120. The van der Waals surface area contributed by atoms with Crippen molar-refractivity contribution in [3.05, 3.63) is 124 Å². The van der Waals surface area contributed by atoms with Crippen molar-refractivity contribution < 1.29 is 9.21 Å².